The first kappa shape index (κ1) is 23.1. The number of nitrogens with zero attached hydrogens (tertiary/aromatic N) is 4. The number of hydrogen-bond donors (Lipinski definition) is 0. The molecule has 4 heterocycles. The van der Waals surface area contributed by atoms with E-state index in [1.54, 1.807) is 21.6 Å². The summed E-state index contributed by atoms with van der Waals surface area (Å²) in [7, 11) is 0. The van der Waals surface area contributed by atoms with Crippen LogP contribution in [0.3, 0.4) is 0 Å². The van der Waals surface area contributed by atoms with Gasteiger partial charge in [-0.2, -0.15) is 11.8 Å². The van der Waals surface area contributed by atoms with Gasteiger partial charge in [-0.15, -0.1) is 0 Å². The summed E-state index contributed by atoms with van der Waals surface area (Å²) in [6.07, 6.45) is 3.42. The molecule has 2 aliphatic rings. The quantitative estimate of drug-likeness (QED) is 0.379. The van der Waals surface area contributed by atoms with Crippen LogP contribution in [0.1, 0.15) is 29.7 Å². The van der Waals surface area contributed by atoms with Crippen molar-refractivity contribution < 1.29 is 4.79 Å². The smallest absolute Gasteiger partial charge is 0.267 e. The Labute approximate surface area is 212 Å². The molecule has 2 fully saturated rings. The van der Waals surface area contributed by atoms with Crippen LogP contribution in [0.15, 0.2) is 58.4 Å². The predicted molar refractivity (Wildman–Crippen MR) is 146 cm³/mol. The van der Waals surface area contributed by atoms with Gasteiger partial charge < -0.3 is 4.90 Å². The van der Waals surface area contributed by atoms with Crippen molar-refractivity contribution in [3.05, 3.63) is 80.6 Å². The topological polar surface area (TPSA) is 57.9 Å². The lowest BCUT2D eigenvalue weighted by atomic mass is 10.1. The molecule has 0 N–H and O–H groups in total. The van der Waals surface area contributed by atoms with E-state index in [1.165, 1.54) is 11.8 Å². The molecule has 1 amide bonds. The molecule has 1 atom stereocenters. The molecule has 5 rings (SSSR count). The van der Waals surface area contributed by atoms with Crippen LogP contribution >= 0.6 is 35.7 Å². The number of thioether (sulfide) groups is 2. The molecule has 0 radical (unpaired) electrons. The second-order valence-corrected chi connectivity index (χ2v) is 11.2. The first-order chi connectivity index (χ1) is 16.5. The van der Waals surface area contributed by atoms with Crippen LogP contribution in [0.25, 0.3) is 11.7 Å². The van der Waals surface area contributed by atoms with Crippen LogP contribution in [0, 0.1) is 6.92 Å². The maximum absolute atomic E-state index is 13.6. The molecular formula is C25H24N4O2S3. The molecule has 0 unspecified atom stereocenters. The lowest BCUT2D eigenvalue weighted by molar-refractivity contribution is -0.123. The summed E-state index contributed by atoms with van der Waals surface area (Å²) in [4.78, 5) is 36.2. The van der Waals surface area contributed by atoms with Crippen LogP contribution in [-0.4, -0.2) is 49.1 Å². The molecule has 2 aromatic heterocycles. The van der Waals surface area contributed by atoms with Gasteiger partial charge >= 0.3 is 0 Å². The number of fused-ring (bicyclic) bond motifs is 1. The fourth-order valence-corrected chi connectivity index (χ4v) is 6.57. The number of aryl methyl sites for hydroxylation is 1. The zero-order chi connectivity index (χ0) is 23.8. The van der Waals surface area contributed by atoms with Crippen molar-refractivity contribution in [3.8, 4) is 0 Å². The van der Waals surface area contributed by atoms with Crippen LogP contribution in [-0.2, 0) is 4.79 Å². The number of anilines is 1. The number of aromatic nitrogens is 2. The largest absolute Gasteiger partial charge is 0.354 e. The highest BCUT2D eigenvalue weighted by atomic mass is 32.2. The van der Waals surface area contributed by atoms with E-state index < -0.39 is 0 Å². The first-order valence-corrected chi connectivity index (χ1v) is 13.5. The highest BCUT2D eigenvalue weighted by molar-refractivity contribution is 8.26. The molecule has 6 nitrogen and oxygen atoms in total. The Morgan fingerprint density at radius 1 is 1.09 bits per heavy atom. The molecule has 3 aromatic rings. The van der Waals surface area contributed by atoms with Crippen molar-refractivity contribution in [1.82, 2.24) is 14.3 Å². The molecule has 1 aromatic carbocycles. The van der Waals surface area contributed by atoms with Gasteiger partial charge in [0.15, 0.2) is 0 Å². The third kappa shape index (κ3) is 4.16. The van der Waals surface area contributed by atoms with E-state index in [9.17, 15) is 9.59 Å². The summed E-state index contributed by atoms with van der Waals surface area (Å²) in [6.45, 7) is 5.54. The predicted octanol–water partition coefficient (Wildman–Crippen LogP) is 4.52. The van der Waals surface area contributed by atoms with Crippen molar-refractivity contribution in [1.29, 1.82) is 0 Å². The van der Waals surface area contributed by atoms with Crippen LogP contribution in [0.2, 0.25) is 0 Å². The number of carbonyl (C=O) groups is 1. The van der Waals surface area contributed by atoms with E-state index in [2.05, 4.69) is 4.90 Å². The van der Waals surface area contributed by atoms with Crippen molar-refractivity contribution in [3.63, 3.8) is 0 Å². The van der Waals surface area contributed by atoms with Gasteiger partial charge in [0.1, 0.15) is 15.8 Å². The molecule has 0 spiro atoms. The average Bonchev–Trinajstić information content (AvgIpc) is 3.14. The van der Waals surface area contributed by atoms with Crippen LogP contribution in [0.4, 0.5) is 5.82 Å². The third-order valence-corrected chi connectivity index (χ3v) is 8.42. The Morgan fingerprint density at radius 3 is 2.56 bits per heavy atom. The molecule has 174 valence electrons. The number of pyridine rings is 1. The third-order valence-electron chi connectivity index (χ3n) is 6.14. The minimum atomic E-state index is -0.198. The summed E-state index contributed by atoms with van der Waals surface area (Å²) in [5, 5.41) is 0. The minimum absolute atomic E-state index is 0.177. The minimum Gasteiger partial charge on any atom is -0.354 e. The van der Waals surface area contributed by atoms with Gasteiger partial charge in [0.25, 0.3) is 11.5 Å². The summed E-state index contributed by atoms with van der Waals surface area (Å²) in [5.41, 5.74) is 2.84. The Balaban J connectivity index is 1.61. The van der Waals surface area contributed by atoms with E-state index in [1.807, 2.05) is 68.1 Å². The average molecular weight is 509 g/mol. The molecule has 9 heteroatoms. The van der Waals surface area contributed by atoms with Gasteiger partial charge in [-0.1, -0.05) is 60.4 Å². The molecule has 2 saturated heterocycles. The van der Waals surface area contributed by atoms with Gasteiger partial charge in [-0.3, -0.25) is 18.9 Å². The monoisotopic (exact) mass is 508 g/mol. The van der Waals surface area contributed by atoms with Crippen molar-refractivity contribution in [2.75, 3.05) is 29.5 Å². The van der Waals surface area contributed by atoms with Crippen molar-refractivity contribution in [2.24, 2.45) is 0 Å². The SMILES string of the molecule is Cc1cccn2c(=O)c(/C=C3\SC(=S)N([C@H](C)c4ccccc4)C3=O)c(N3CCSCC3)nc12. The van der Waals surface area contributed by atoms with Gasteiger partial charge in [0, 0.05) is 30.8 Å². The molecular weight excluding hydrogens is 485 g/mol. The van der Waals surface area contributed by atoms with E-state index in [0.717, 1.165) is 35.7 Å². The van der Waals surface area contributed by atoms with E-state index in [0.29, 0.717) is 26.3 Å². The number of hydrogen-bond acceptors (Lipinski definition) is 7. The van der Waals surface area contributed by atoms with Crippen molar-refractivity contribution >= 4 is 63.5 Å². The fraction of sp³-hybridized carbons (Fsp3) is 0.280. The van der Waals surface area contributed by atoms with E-state index >= 15 is 0 Å². The zero-order valence-corrected chi connectivity index (χ0v) is 21.4. The fourth-order valence-electron chi connectivity index (χ4n) is 4.27. The molecule has 0 saturated carbocycles. The Hall–Kier alpha value is -2.62. The van der Waals surface area contributed by atoms with Crippen LogP contribution < -0.4 is 10.5 Å². The molecule has 2 aliphatic heterocycles. The Bertz CT molecular complexity index is 1360. The zero-order valence-electron chi connectivity index (χ0n) is 18.9. The lowest BCUT2D eigenvalue weighted by Gasteiger charge is -2.29. The number of rotatable bonds is 4. The van der Waals surface area contributed by atoms with E-state index in [-0.39, 0.29) is 17.5 Å². The number of benzene rings is 1. The molecule has 34 heavy (non-hydrogen) atoms. The van der Waals surface area contributed by atoms with E-state index in [4.69, 9.17) is 17.2 Å². The summed E-state index contributed by atoms with van der Waals surface area (Å²) >= 11 is 8.72. The number of amides is 1. The Kier molecular flexibility index (Phi) is 6.50. The maximum Gasteiger partial charge on any atom is 0.267 e. The number of thiocarbonyl (C=S) groups is 1. The summed E-state index contributed by atoms with van der Waals surface area (Å²) < 4.78 is 2.06. The lowest BCUT2D eigenvalue weighted by Crippen LogP contribution is -2.36. The van der Waals surface area contributed by atoms with Gasteiger partial charge in [-0.05, 0) is 37.1 Å². The molecule has 0 aliphatic carbocycles. The van der Waals surface area contributed by atoms with Crippen molar-refractivity contribution in [2.45, 2.75) is 19.9 Å². The highest BCUT2D eigenvalue weighted by Gasteiger charge is 2.36. The normalized spacial score (nSPS) is 18.8. The van der Waals surface area contributed by atoms with Crippen LogP contribution in [0.5, 0.6) is 0 Å². The van der Waals surface area contributed by atoms with Gasteiger partial charge in [0.2, 0.25) is 0 Å². The first-order valence-electron chi connectivity index (χ1n) is 11.1. The number of carbonyl (C=O) groups excluding carboxylic acids is 1. The second-order valence-electron chi connectivity index (χ2n) is 8.28. The maximum atomic E-state index is 13.6. The summed E-state index contributed by atoms with van der Waals surface area (Å²) in [6, 6.07) is 13.4. The second kappa shape index (κ2) is 9.56. The molecule has 0 bridgehead atoms. The van der Waals surface area contributed by atoms with Gasteiger partial charge in [-0.25, -0.2) is 4.98 Å². The summed E-state index contributed by atoms with van der Waals surface area (Å²) in [5.74, 6) is 2.41. The Morgan fingerprint density at radius 2 is 1.82 bits per heavy atom. The standard InChI is InChI=1S/C25H24N4O2S3/c1-16-7-6-10-28-21(16)26-22(27-11-13-33-14-12-27)19(23(28)30)15-20-24(31)29(25(32)34-20)17(2)18-8-4-3-5-9-18/h3-10,15,17H,11-14H2,1-2H3/b20-15-/t17-/m1/s1. The highest BCUT2D eigenvalue weighted by Crippen LogP contribution is 2.38. The van der Waals surface area contributed by atoms with Gasteiger partial charge in [0.05, 0.1) is 16.5 Å².